The summed E-state index contributed by atoms with van der Waals surface area (Å²) in [4.78, 5) is 22.7. The van der Waals surface area contributed by atoms with Gasteiger partial charge in [0.05, 0.1) is 25.3 Å². The lowest BCUT2D eigenvalue weighted by Crippen LogP contribution is -2.27. The van der Waals surface area contributed by atoms with Gasteiger partial charge < -0.3 is 18.6 Å². The topological polar surface area (TPSA) is 97.2 Å². The number of hydrogen-bond acceptors (Lipinski definition) is 8. The average molecular weight is 470 g/mol. The maximum Gasteiger partial charge on any atom is 0.278 e. The summed E-state index contributed by atoms with van der Waals surface area (Å²) in [6.07, 6.45) is 1.93. The lowest BCUT2D eigenvalue weighted by atomic mass is 10.1. The van der Waals surface area contributed by atoms with E-state index in [1.165, 1.54) is 11.8 Å². The predicted octanol–water partition coefficient (Wildman–Crippen LogP) is 4.00. The highest BCUT2D eigenvalue weighted by Crippen LogP contribution is 2.36. The molecule has 0 amide bonds. The Balaban J connectivity index is 1.76. The van der Waals surface area contributed by atoms with E-state index in [1.807, 2.05) is 35.9 Å². The number of aryl methyl sites for hydroxylation is 1. The maximum absolute atomic E-state index is 13.4. The first-order valence-electron chi connectivity index (χ1n) is 10.6. The van der Waals surface area contributed by atoms with Gasteiger partial charge in [-0.15, -0.1) is 0 Å². The lowest BCUT2D eigenvalue weighted by Gasteiger charge is -2.13. The molecule has 0 spiro atoms. The molecule has 0 aliphatic rings. The van der Waals surface area contributed by atoms with Gasteiger partial charge in [-0.05, 0) is 37.3 Å². The first-order chi connectivity index (χ1) is 15.9. The number of rotatable bonds is 8. The minimum absolute atomic E-state index is 0.0691. The summed E-state index contributed by atoms with van der Waals surface area (Å²) >= 11 is 1.47. The van der Waals surface area contributed by atoms with Crippen LogP contribution in [-0.4, -0.2) is 44.7 Å². The van der Waals surface area contributed by atoms with Gasteiger partial charge in [-0.1, -0.05) is 36.8 Å². The van der Waals surface area contributed by atoms with Gasteiger partial charge in [0, 0.05) is 12.2 Å². The number of hydrogen-bond donors (Lipinski definition) is 0. The molecule has 10 heteroatoms. The maximum atomic E-state index is 13.4. The second-order valence-corrected chi connectivity index (χ2v) is 8.84. The molecular weight excluding hydrogens is 442 g/mol. The summed E-state index contributed by atoms with van der Waals surface area (Å²) in [6, 6.07) is 7.39. The Kier molecular flexibility index (Phi) is 6.46. The highest BCUT2D eigenvalue weighted by molar-refractivity contribution is 7.98. The molecule has 0 N–H and O–H groups in total. The van der Waals surface area contributed by atoms with E-state index in [9.17, 15) is 4.79 Å². The fraction of sp³-hybridized carbons (Fsp3) is 0.391. The van der Waals surface area contributed by atoms with Crippen molar-refractivity contribution in [2.75, 3.05) is 20.5 Å². The molecule has 0 unspecified atom stereocenters. The largest absolute Gasteiger partial charge is 0.493 e. The SMILES string of the molecule is COc1cccc(-c2noc(Cn3c(C)cc4nc(SC)n(CC(C)C)c(=O)c43)n2)c1OC. The molecule has 33 heavy (non-hydrogen) atoms. The average Bonchev–Trinajstić information content (AvgIpc) is 3.39. The first kappa shape index (κ1) is 22.9. The molecule has 4 aromatic rings. The molecule has 0 saturated carbocycles. The van der Waals surface area contributed by atoms with E-state index in [0.29, 0.717) is 57.4 Å². The van der Waals surface area contributed by atoms with Gasteiger partial charge in [-0.2, -0.15) is 4.98 Å². The van der Waals surface area contributed by atoms with Gasteiger partial charge >= 0.3 is 0 Å². The number of methoxy groups -OCH3 is 2. The van der Waals surface area contributed by atoms with Gasteiger partial charge in [0.1, 0.15) is 12.1 Å². The third kappa shape index (κ3) is 4.22. The summed E-state index contributed by atoms with van der Waals surface area (Å²) < 4.78 is 20.0. The summed E-state index contributed by atoms with van der Waals surface area (Å²) in [5, 5.41) is 4.84. The Morgan fingerprint density at radius 2 is 1.94 bits per heavy atom. The molecule has 4 rings (SSSR count). The Morgan fingerprint density at radius 1 is 1.15 bits per heavy atom. The van der Waals surface area contributed by atoms with Crippen LogP contribution in [0.25, 0.3) is 22.4 Å². The van der Waals surface area contributed by atoms with Crippen LogP contribution < -0.4 is 15.0 Å². The van der Waals surface area contributed by atoms with Crippen LogP contribution in [-0.2, 0) is 13.1 Å². The normalized spacial score (nSPS) is 11.5. The van der Waals surface area contributed by atoms with E-state index >= 15 is 0 Å². The van der Waals surface area contributed by atoms with Crippen LogP contribution in [0.4, 0.5) is 0 Å². The predicted molar refractivity (Wildman–Crippen MR) is 127 cm³/mol. The molecular formula is C23H27N5O4S. The highest BCUT2D eigenvalue weighted by atomic mass is 32.2. The van der Waals surface area contributed by atoms with Crippen LogP contribution in [0, 0.1) is 12.8 Å². The number of aromatic nitrogens is 5. The van der Waals surface area contributed by atoms with Gasteiger partial charge in [0.25, 0.3) is 5.56 Å². The Morgan fingerprint density at radius 3 is 2.61 bits per heavy atom. The van der Waals surface area contributed by atoms with E-state index in [-0.39, 0.29) is 12.1 Å². The summed E-state index contributed by atoms with van der Waals surface area (Å²) in [6.45, 7) is 6.96. The molecule has 0 radical (unpaired) electrons. The van der Waals surface area contributed by atoms with Crippen molar-refractivity contribution in [1.82, 2.24) is 24.3 Å². The zero-order chi connectivity index (χ0) is 23.7. The summed E-state index contributed by atoms with van der Waals surface area (Å²) in [5.41, 5.74) is 2.68. The summed E-state index contributed by atoms with van der Waals surface area (Å²) in [5.74, 6) is 2.18. The molecule has 3 aromatic heterocycles. The van der Waals surface area contributed by atoms with Crippen LogP contribution >= 0.6 is 11.8 Å². The molecule has 3 heterocycles. The van der Waals surface area contributed by atoms with Crippen LogP contribution in [0.15, 0.2) is 38.7 Å². The number of nitrogens with zero attached hydrogens (tertiary/aromatic N) is 5. The molecule has 0 bridgehead atoms. The second kappa shape index (κ2) is 9.30. The molecule has 0 aliphatic carbocycles. The molecule has 0 aliphatic heterocycles. The van der Waals surface area contributed by atoms with Crippen LogP contribution in [0.5, 0.6) is 11.5 Å². The Labute approximate surface area is 195 Å². The summed E-state index contributed by atoms with van der Waals surface area (Å²) in [7, 11) is 3.14. The van der Waals surface area contributed by atoms with Crippen molar-refractivity contribution in [3.63, 3.8) is 0 Å². The minimum Gasteiger partial charge on any atom is -0.493 e. The fourth-order valence-corrected chi connectivity index (χ4v) is 4.43. The molecule has 174 valence electrons. The van der Waals surface area contributed by atoms with Crippen molar-refractivity contribution in [1.29, 1.82) is 0 Å². The molecule has 1 aromatic carbocycles. The van der Waals surface area contributed by atoms with Gasteiger partial charge in [-0.3, -0.25) is 9.36 Å². The smallest absolute Gasteiger partial charge is 0.278 e. The standard InChI is InChI=1S/C23H27N5O4S/c1-13(2)11-28-22(29)19-16(24-23(28)33-6)10-14(3)27(19)12-18-25-21(26-32-18)15-8-7-9-17(30-4)20(15)31-5/h7-10,13H,11-12H2,1-6H3. The van der Waals surface area contributed by atoms with E-state index in [2.05, 4.69) is 24.0 Å². The van der Waals surface area contributed by atoms with E-state index in [0.717, 1.165) is 5.69 Å². The van der Waals surface area contributed by atoms with Gasteiger partial charge in [0.2, 0.25) is 11.7 Å². The van der Waals surface area contributed by atoms with Gasteiger partial charge in [-0.25, -0.2) is 4.98 Å². The van der Waals surface area contributed by atoms with Crippen molar-refractivity contribution in [2.45, 2.75) is 39.0 Å². The first-order valence-corrected chi connectivity index (χ1v) is 11.8. The van der Waals surface area contributed by atoms with Crippen LogP contribution in [0.3, 0.4) is 0 Å². The third-order valence-corrected chi connectivity index (χ3v) is 5.99. The minimum atomic E-state index is -0.0691. The third-order valence-electron chi connectivity index (χ3n) is 5.31. The van der Waals surface area contributed by atoms with Crippen LogP contribution in [0.1, 0.15) is 25.4 Å². The van der Waals surface area contributed by atoms with Crippen molar-refractivity contribution in [2.24, 2.45) is 5.92 Å². The number of benzene rings is 1. The highest BCUT2D eigenvalue weighted by Gasteiger charge is 2.20. The molecule has 0 saturated heterocycles. The second-order valence-electron chi connectivity index (χ2n) is 8.07. The van der Waals surface area contributed by atoms with Gasteiger partial charge in [0.15, 0.2) is 16.7 Å². The lowest BCUT2D eigenvalue weighted by molar-refractivity contribution is 0.355. The van der Waals surface area contributed by atoms with E-state index in [4.69, 9.17) is 19.0 Å². The van der Waals surface area contributed by atoms with Crippen molar-refractivity contribution >= 4 is 22.8 Å². The number of fused-ring (bicyclic) bond motifs is 1. The molecule has 0 fully saturated rings. The monoisotopic (exact) mass is 469 g/mol. The van der Waals surface area contributed by atoms with E-state index in [1.54, 1.807) is 24.9 Å². The van der Waals surface area contributed by atoms with Crippen molar-refractivity contribution in [3.05, 3.63) is 46.2 Å². The van der Waals surface area contributed by atoms with E-state index < -0.39 is 0 Å². The number of ether oxygens (including phenoxy) is 2. The number of para-hydroxylation sites is 1. The molecule has 9 nitrogen and oxygen atoms in total. The Bertz CT molecular complexity index is 1360. The van der Waals surface area contributed by atoms with Crippen LogP contribution in [0.2, 0.25) is 0 Å². The fourth-order valence-electron chi connectivity index (χ4n) is 3.86. The quantitative estimate of drug-likeness (QED) is 0.282. The Hall–Kier alpha value is -3.27. The van der Waals surface area contributed by atoms with Crippen molar-refractivity contribution < 1.29 is 14.0 Å². The molecule has 0 atom stereocenters. The number of thioether (sulfide) groups is 1. The zero-order valence-corrected chi connectivity index (χ0v) is 20.4. The van der Waals surface area contributed by atoms with Crippen molar-refractivity contribution in [3.8, 4) is 22.9 Å². The zero-order valence-electron chi connectivity index (χ0n) is 19.6.